The van der Waals surface area contributed by atoms with Gasteiger partial charge < -0.3 is 10.4 Å². The van der Waals surface area contributed by atoms with Gasteiger partial charge in [-0.15, -0.1) is 0 Å². The van der Waals surface area contributed by atoms with E-state index in [-0.39, 0.29) is 18.7 Å². The van der Waals surface area contributed by atoms with E-state index >= 15 is 0 Å². The number of hydrogen-bond donors (Lipinski definition) is 2. The maximum absolute atomic E-state index is 12.2. The quantitative estimate of drug-likeness (QED) is 0.734. The minimum atomic E-state index is -4.26. The molecule has 10 heteroatoms. The molecule has 23 heavy (non-hydrogen) atoms. The summed E-state index contributed by atoms with van der Waals surface area (Å²) in [6, 6.07) is 3.52. The van der Waals surface area contributed by atoms with Crippen LogP contribution in [0.1, 0.15) is 23.2 Å². The summed E-state index contributed by atoms with van der Waals surface area (Å²) in [5.74, 6) is -1.41. The maximum atomic E-state index is 12.2. The zero-order valence-corrected chi connectivity index (χ0v) is 13.3. The molecule has 0 saturated carbocycles. The summed E-state index contributed by atoms with van der Waals surface area (Å²) in [5.41, 5.74) is -0.169. The third-order valence-electron chi connectivity index (χ3n) is 2.94. The van der Waals surface area contributed by atoms with Gasteiger partial charge in [0.05, 0.1) is 10.5 Å². The Morgan fingerprint density at radius 1 is 1.30 bits per heavy atom. The van der Waals surface area contributed by atoms with Crippen molar-refractivity contribution in [2.45, 2.75) is 23.9 Å². The Morgan fingerprint density at radius 3 is 2.39 bits per heavy atom. The molecule has 0 fully saturated rings. The first kappa shape index (κ1) is 19.2. The highest BCUT2D eigenvalue weighted by atomic mass is 32.2. The molecule has 0 atom stereocenters. The van der Waals surface area contributed by atoms with Crippen molar-refractivity contribution in [1.82, 2.24) is 4.31 Å². The van der Waals surface area contributed by atoms with Crippen molar-refractivity contribution in [3.8, 4) is 0 Å². The van der Waals surface area contributed by atoms with Crippen molar-refractivity contribution in [2.75, 3.05) is 26.0 Å². The molecule has 1 aromatic rings. The first-order valence-electron chi connectivity index (χ1n) is 6.55. The summed E-state index contributed by atoms with van der Waals surface area (Å²) in [6.07, 6.45) is -5.40. The molecule has 1 rings (SSSR count). The largest absolute Gasteiger partial charge is 0.478 e. The summed E-state index contributed by atoms with van der Waals surface area (Å²) in [4.78, 5) is 10.7. The van der Waals surface area contributed by atoms with Gasteiger partial charge in [-0.1, -0.05) is 0 Å². The van der Waals surface area contributed by atoms with Crippen LogP contribution in [0.2, 0.25) is 0 Å². The van der Waals surface area contributed by atoms with E-state index in [1.807, 2.05) is 0 Å². The average Bonchev–Trinajstić information content (AvgIpc) is 2.42. The van der Waals surface area contributed by atoms with E-state index in [2.05, 4.69) is 5.32 Å². The second-order valence-electron chi connectivity index (χ2n) is 4.95. The summed E-state index contributed by atoms with van der Waals surface area (Å²) in [7, 11) is -1.49. The Kier molecular flexibility index (Phi) is 6.00. The van der Waals surface area contributed by atoms with Crippen molar-refractivity contribution in [3.05, 3.63) is 23.8 Å². The number of anilines is 1. The number of carboxylic acids is 1. The lowest BCUT2D eigenvalue weighted by molar-refractivity contribution is -0.134. The Hall–Kier alpha value is -1.81. The molecular formula is C13H17F3N2O4S. The van der Waals surface area contributed by atoms with E-state index in [0.717, 1.165) is 16.4 Å². The first-order chi connectivity index (χ1) is 10.4. The molecule has 0 aromatic heterocycles. The molecule has 0 radical (unpaired) electrons. The van der Waals surface area contributed by atoms with Crippen LogP contribution in [0.4, 0.5) is 18.9 Å². The van der Waals surface area contributed by atoms with Crippen molar-refractivity contribution in [3.63, 3.8) is 0 Å². The maximum Gasteiger partial charge on any atom is 0.389 e. The molecule has 0 aliphatic rings. The van der Waals surface area contributed by atoms with Crippen LogP contribution in [0.25, 0.3) is 0 Å². The number of carbonyl (C=O) groups is 1. The van der Waals surface area contributed by atoms with Gasteiger partial charge in [0.15, 0.2) is 0 Å². The van der Waals surface area contributed by atoms with Crippen molar-refractivity contribution < 1.29 is 31.5 Å². The van der Waals surface area contributed by atoms with Gasteiger partial charge in [0, 0.05) is 32.7 Å². The Bertz CT molecular complexity index is 672. The molecule has 0 amide bonds. The van der Waals surface area contributed by atoms with Gasteiger partial charge in [0.1, 0.15) is 0 Å². The summed E-state index contributed by atoms with van der Waals surface area (Å²) in [6.45, 7) is -0.0205. The van der Waals surface area contributed by atoms with Crippen LogP contribution in [-0.2, 0) is 10.0 Å². The number of alkyl halides is 3. The van der Waals surface area contributed by atoms with E-state index in [0.29, 0.717) is 0 Å². The summed E-state index contributed by atoms with van der Waals surface area (Å²) in [5, 5.41) is 11.7. The van der Waals surface area contributed by atoms with Gasteiger partial charge in [0.25, 0.3) is 0 Å². The van der Waals surface area contributed by atoms with E-state index < -0.39 is 39.0 Å². The predicted octanol–water partition coefficient (Wildman–Crippen LogP) is 2.39. The third kappa shape index (κ3) is 5.39. The minimum absolute atomic E-state index is 0.0205. The van der Waals surface area contributed by atoms with Crippen LogP contribution in [0, 0.1) is 0 Å². The molecule has 0 spiro atoms. The zero-order chi connectivity index (χ0) is 17.8. The second-order valence-corrected chi connectivity index (χ2v) is 7.07. The minimum Gasteiger partial charge on any atom is -0.478 e. The fourth-order valence-electron chi connectivity index (χ4n) is 1.74. The smallest absolute Gasteiger partial charge is 0.389 e. The SMILES string of the molecule is CN(C)S(=O)(=O)c1cc(NCCCC(F)(F)F)ccc1C(=O)O. The number of rotatable bonds is 7. The van der Waals surface area contributed by atoms with Gasteiger partial charge in [-0.3, -0.25) is 0 Å². The van der Waals surface area contributed by atoms with Crippen LogP contribution in [0.15, 0.2) is 23.1 Å². The van der Waals surface area contributed by atoms with Crippen molar-refractivity contribution in [2.24, 2.45) is 0 Å². The number of nitrogens with zero attached hydrogens (tertiary/aromatic N) is 1. The molecule has 0 unspecified atom stereocenters. The van der Waals surface area contributed by atoms with Gasteiger partial charge >= 0.3 is 12.1 Å². The molecule has 1 aromatic carbocycles. The number of benzene rings is 1. The number of carboxylic acid groups (broad SMARTS) is 1. The monoisotopic (exact) mass is 354 g/mol. The zero-order valence-electron chi connectivity index (χ0n) is 12.5. The van der Waals surface area contributed by atoms with E-state index in [9.17, 15) is 26.4 Å². The number of nitrogens with one attached hydrogen (secondary N) is 1. The second kappa shape index (κ2) is 7.18. The molecule has 6 nitrogen and oxygen atoms in total. The topological polar surface area (TPSA) is 86.7 Å². The molecule has 0 aliphatic carbocycles. The van der Waals surface area contributed by atoms with E-state index in [4.69, 9.17) is 5.11 Å². The van der Waals surface area contributed by atoms with Crippen LogP contribution in [0.5, 0.6) is 0 Å². The Balaban J connectivity index is 2.99. The number of sulfonamides is 1. The fourth-order valence-corrected chi connectivity index (χ4v) is 2.84. The first-order valence-corrected chi connectivity index (χ1v) is 7.99. The molecule has 130 valence electrons. The normalized spacial score (nSPS) is 12.4. The predicted molar refractivity (Wildman–Crippen MR) is 78.1 cm³/mol. The molecule has 0 heterocycles. The van der Waals surface area contributed by atoms with Gasteiger partial charge in [0.2, 0.25) is 10.0 Å². The van der Waals surface area contributed by atoms with Crippen molar-refractivity contribution >= 4 is 21.7 Å². The number of aromatic carboxylic acids is 1. The lowest BCUT2D eigenvalue weighted by Crippen LogP contribution is -2.24. The highest BCUT2D eigenvalue weighted by molar-refractivity contribution is 7.89. The highest BCUT2D eigenvalue weighted by Crippen LogP contribution is 2.24. The standard InChI is InChI=1S/C13H17F3N2O4S/c1-18(2)23(21,22)11-8-9(4-5-10(11)12(19)20)17-7-3-6-13(14,15)16/h4-5,8,17H,3,6-7H2,1-2H3,(H,19,20). The lowest BCUT2D eigenvalue weighted by atomic mass is 10.2. The highest BCUT2D eigenvalue weighted by Gasteiger charge is 2.26. The average molecular weight is 354 g/mol. The Labute approximate surface area is 132 Å². The van der Waals surface area contributed by atoms with Crippen LogP contribution < -0.4 is 5.32 Å². The van der Waals surface area contributed by atoms with Crippen molar-refractivity contribution in [1.29, 1.82) is 0 Å². The lowest BCUT2D eigenvalue weighted by Gasteiger charge is -2.15. The molecule has 0 bridgehead atoms. The molecular weight excluding hydrogens is 337 g/mol. The van der Waals surface area contributed by atoms with Gasteiger partial charge in [-0.05, 0) is 24.6 Å². The van der Waals surface area contributed by atoms with Crippen LogP contribution in [0.3, 0.4) is 0 Å². The van der Waals surface area contributed by atoms with E-state index in [1.165, 1.54) is 20.2 Å². The van der Waals surface area contributed by atoms with Gasteiger partial charge in [-0.25, -0.2) is 17.5 Å². The van der Waals surface area contributed by atoms with Gasteiger partial charge in [-0.2, -0.15) is 13.2 Å². The summed E-state index contributed by atoms with van der Waals surface area (Å²) >= 11 is 0. The van der Waals surface area contributed by atoms with Crippen LogP contribution >= 0.6 is 0 Å². The van der Waals surface area contributed by atoms with Crippen LogP contribution in [-0.4, -0.2) is 50.6 Å². The number of hydrogen-bond acceptors (Lipinski definition) is 4. The number of halogens is 3. The third-order valence-corrected chi connectivity index (χ3v) is 4.79. The molecule has 0 saturated heterocycles. The Morgan fingerprint density at radius 2 is 1.91 bits per heavy atom. The molecule has 2 N–H and O–H groups in total. The van der Waals surface area contributed by atoms with E-state index in [1.54, 1.807) is 0 Å². The molecule has 0 aliphatic heterocycles. The summed E-state index contributed by atoms with van der Waals surface area (Å²) < 4.78 is 61.3. The fraction of sp³-hybridized carbons (Fsp3) is 0.462.